The molecule has 0 aromatic carbocycles. The lowest BCUT2D eigenvalue weighted by Gasteiger charge is -2.14. The monoisotopic (exact) mass is 265 g/mol. The maximum absolute atomic E-state index is 12.1. The van der Waals surface area contributed by atoms with Gasteiger partial charge in [0.15, 0.2) is 0 Å². The first-order valence-corrected chi connectivity index (χ1v) is 6.82. The van der Waals surface area contributed by atoms with Gasteiger partial charge >= 0.3 is 0 Å². The average molecular weight is 265 g/mol. The Morgan fingerprint density at radius 1 is 1.58 bits per heavy atom. The number of aromatic nitrogens is 2. The van der Waals surface area contributed by atoms with Crippen molar-refractivity contribution in [3.8, 4) is 0 Å². The summed E-state index contributed by atoms with van der Waals surface area (Å²) in [5.41, 5.74) is 7.51. The number of carbonyl (C=O) groups excluding carboxylic acids is 1. The van der Waals surface area contributed by atoms with Crippen LogP contribution < -0.4 is 11.1 Å². The molecule has 3 N–H and O–H groups in total. The van der Waals surface area contributed by atoms with E-state index in [9.17, 15) is 4.79 Å². The highest BCUT2D eigenvalue weighted by molar-refractivity contribution is 5.97. The van der Waals surface area contributed by atoms with Crippen molar-refractivity contribution in [2.45, 2.75) is 20.3 Å². The van der Waals surface area contributed by atoms with Gasteiger partial charge in [0.2, 0.25) is 0 Å². The molecule has 1 aliphatic heterocycles. The lowest BCUT2D eigenvalue weighted by Crippen LogP contribution is -2.32. The number of carbonyl (C=O) groups is 1. The van der Waals surface area contributed by atoms with Crippen molar-refractivity contribution < 1.29 is 4.79 Å². The van der Waals surface area contributed by atoms with Crippen molar-refractivity contribution in [2.75, 3.05) is 31.9 Å². The topological polar surface area (TPSA) is 76.2 Å². The summed E-state index contributed by atoms with van der Waals surface area (Å²) in [4.78, 5) is 14.5. The van der Waals surface area contributed by atoms with Gasteiger partial charge in [-0.3, -0.25) is 9.48 Å². The third-order valence-corrected chi connectivity index (χ3v) is 3.85. The lowest BCUT2D eigenvalue weighted by molar-refractivity contribution is 0.0939. The molecule has 0 bridgehead atoms. The molecule has 1 saturated heterocycles. The third-order valence-electron chi connectivity index (χ3n) is 3.85. The van der Waals surface area contributed by atoms with Crippen LogP contribution in [0.3, 0.4) is 0 Å². The predicted octanol–water partition coefficient (Wildman–Crippen LogP) is 0.382. The van der Waals surface area contributed by atoms with Crippen LogP contribution in [0.5, 0.6) is 0 Å². The molecule has 1 aromatic heterocycles. The van der Waals surface area contributed by atoms with Gasteiger partial charge in [-0.25, -0.2) is 0 Å². The van der Waals surface area contributed by atoms with Gasteiger partial charge in [0.05, 0.1) is 11.4 Å². The first-order valence-electron chi connectivity index (χ1n) is 6.82. The second kappa shape index (κ2) is 5.61. The number of nitrogens with two attached hydrogens (primary N) is 1. The molecule has 1 aliphatic rings. The van der Waals surface area contributed by atoms with Gasteiger partial charge in [-0.15, -0.1) is 0 Å². The quantitative estimate of drug-likeness (QED) is 0.825. The lowest BCUT2D eigenvalue weighted by atomic mass is 10.1. The second-order valence-corrected chi connectivity index (χ2v) is 5.23. The number of likely N-dealkylation sites (tertiary alicyclic amines) is 1. The van der Waals surface area contributed by atoms with E-state index in [-0.39, 0.29) is 5.91 Å². The molecule has 0 radical (unpaired) electrons. The average Bonchev–Trinajstić information content (AvgIpc) is 2.93. The molecular weight excluding hydrogens is 242 g/mol. The van der Waals surface area contributed by atoms with Crippen LogP contribution in [0, 0.1) is 12.8 Å². The Balaban J connectivity index is 1.91. The fourth-order valence-electron chi connectivity index (χ4n) is 2.63. The van der Waals surface area contributed by atoms with Crippen LogP contribution in [-0.4, -0.2) is 46.8 Å². The molecule has 2 rings (SSSR count). The Morgan fingerprint density at radius 2 is 2.32 bits per heavy atom. The van der Waals surface area contributed by atoms with Crippen molar-refractivity contribution in [3.05, 3.63) is 11.4 Å². The number of amides is 1. The van der Waals surface area contributed by atoms with Gasteiger partial charge in [0.25, 0.3) is 5.91 Å². The smallest absolute Gasteiger partial charge is 0.271 e. The molecule has 6 nitrogen and oxygen atoms in total. The molecule has 0 aliphatic carbocycles. The molecule has 0 spiro atoms. The number of nitrogens with one attached hydrogen (secondary N) is 1. The largest absolute Gasteiger partial charge is 0.395 e. The maximum atomic E-state index is 12.1. The van der Waals surface area contributed by atoms with Crippen molar-refractivity contribution in [1.82, 2.24) is 20.0 Å². The molecule has 2 heterocycles. The van der Waals surface area contributed by atoms with Crippen LogP contribution in [0.1, 0.15) is 29.5 Å². The van der Waals surface area contributed by atoms with E-state index in [1.807, 2.05) is 6.92 Å². The molecule has 19 heavy (non-hydrogen) atoms. The van der Waals surface area contributed by atoms with E-state index in [1.54, 1.807) is 11.7 Å². The van der Waals surface area contributed by atoms with Crippen molar-refractivity contribution in [2.24, 2.45) is 13.0 Å². The van der Waals surface area contributed by atoms with E-state index < -0.39 is 0 Å². The summed E-state index contributed by atoms with van der Waals surface area (Å²) in [6.07, 6.45) is 1.15. The van der Waals surface area contributed by atoms with E-state index in [4.69, 9.17) is 5.73 Å². The van der Waals surface area contributed by atoms with Gasteiger partial charge < -0.3 is 16.0 Å². The number of nitrogen functional groups attached to an aromatic ring is 1. The van der Waals surface area contributed by atoms with Gasteiger partial charge in [-0.1, -0.05) is 6.92 Å². The number of hydrogen-bond donors (Lipinski definition) is 2. The van der Waals surface area contributed by atoms with Gasteiger partial charge in [-0.05, 0) is 32.4 Å². The summed E-state index contributed by atoms with van der Waals surface area (Å²) in [5.74, 6) is 0.412. The predicted molar refractivity (Wildman–Crippen MR) is 74.9 cm³/mol. The normalized spacial score (nSPS) is 19.8. The minimum atomic E-state index is -0.129. The number of rotatable bonds is 4. The summed E-state index contributed by atoms with van der Waals surface area (Å²) in [7, 11) is 1.74. The van der Waals surface area contributed by atoms with Crippen LogP contribution in [-0.2, 0) is 7.05 Å². The van der Waals surface area contributed by atoms with Crippen molar-refractivity contribution >= 4 is 11.6 Å². The Labute approximate surface area is 113 Å². The maximum Gasteiger partial charge on any atom is 0.271 e. The molecule has 6 heteroatoms. The molecule has 1 fully saturated rings. The number of aryl methyl sites for hydroxylation is 2. The zero-order valence-electron chi connectivity index (χ0n) is 11.9. The van der Waals surface area contributed by atoms with E-state index in [0.717, 1.165) is 26.1 Å². The Morgan fingerprint density at radius 3 is 2.84 bits per heavy atom. The number of hydrogen-bond acceptors (Lipinski definition) is 4. The van der Waals surface area contributed by atoms with Crippen LogP contribution in [0.15, 0.2) is 0 Å². The standard InChI is InChI=1S/C13H23N5O/c1-4-18-6-5-10(8-18)7-15-13(19)12-11(14)9(2)16-17(12)3/h10H,4-8,14H2,1-3H3,(H,15,19). The first-order chi connectivity index (χ1) is 9.02. The summed E-state index contributed by atoms with van der Waals surface area (Å²) in [6, 6.07) is 0. The minimum Gasteiger partial charge on any atom is -0.395 e. The van der Waals surface area contributed by atoms with Crippen molar-refractivity contribution in [3.63, 3.8) is 0 Å². The van der Waals surface area contributed by atoms with Crippen LogP contribution in [0.4, 0.5) is 5.69 Å². The van der Waals surface area contributed by atoms with Gasteiger partial charge in [-0.2, -0.15) is 5.10 Å². The molecule has 0 saturated carbocycles. The second-order valence-electron chi connectivity index (χ2n) is 5.23. The van der Waals surface area contributed by atoms with E-state index in [1.165, 1.54) is 0 Å². The Bertz CT molecular complexity index is 468. The van der Waals surface area contributed by atoms with Crippen molar-refractivity contribution in [1.29, 1.82) is 0 Å². The van der Waals surface area contributed by atoms with E-state index in [0.29, 0.717) is 29.5 Å². The molecule has 1 unspecified atom stereocenters. The fourth-order valence-corrected chi connectivity index (χ4v) is 2.63. The van der Waals surface area contributed by atoms with Gasteiger partial charge in [0, 0.05) is 20.1 Å². The molecule has 1 aromatic rings. The zero-order chi connectivity index (χ0) is 14.0. The highest BCUT2D eigenvalue weighted by Crippen LogP contribution is 2.17. The fraction of sp³-hybridized carbons (Fsp3) is 0.692. The van der Waals surface area contributed by atoms with E-state index in [2.05, 4.69) is 22.2 Å². The number of anilines is 1. The zero-order valence-corrected chi connectivity index (χ0v) is 11.9. The summed E-state index contributed by atoms with van der Waals surface area (Å²) in [5, 5.41) is 7.13. The molecule has 1 atom stereocenters. The summed E-state index contributed by atoms with van der Waals surface area (Å²) >= 11 is 0. The Hall–Kier alpha value is -1.56. The highest BCUT2D eigenvalue weighted by Gasteiger charge is 2.23. The summed E-state index contributed by atoms with van der Waals surface area (Å²) in [6.45, 7) is 7.96. The third kappa shape index (κ3) is 2.89. The molecular formula is C13H23N5O. The summed E-state index contributed by atoms with van der Waals surface area (Å²) < 4.78 is 1.55. The first kappa shape index (κ1) is 13.9. The minimum absolute atomic E-state index is 0.129. The van der Waals surface area contributed by atoms with Crippen LogP contribution >= 0.6 is 0 Å². The molecule has 1 amide bonds. The Kier molecular flexibility index (Phi) is 4.09. The van der Waals surface area contributed by atoms with Crippen LogP contribution in [0.25, 0.3) is 0 Å². The highest BCUT2D eigenvalue weighted by atomic mass is 16.2. The van der Waals surface area contributed by atoms with Crippen LogP contribution in [0.2, 0.25) is 0 Å². The van der Waals surface area contributed by atoms with E-state index >= 15 is 0 Å². The molecule has 106 valence electrons. The number of nitrogens with zero attached hydrogens (tertiary/aromatic N) is 3. The van der Waals surface area contributed by atoms with Gasteiger partial charge in [0.1, 0.15) is 5.69 Å². The SMILES string of the molecule is CCN1CCC(CNC(=O)c2c(N)c(C)nn2C)C1.